The number of rotatable bonds is 7. The van der Waals surface area contributed by atoms with Crippen LogP contribution in [0.25, 0.3) is 0 Å². The third-order valence-corrected chi connectivity index (χ3v) is 2.55. The number of nitrogens with zero attached hydrogens (tertiary/aromatic N) is 1. The molecule has 0 aliphatic heterocycles. The Morgan fingerprint density at radius 1 is 1.47 bits per heavy atom. The van der Waals surface area contributed by atoms with Gasteiger partial charge < -0.3 is 14.7 Å². The average Bonchev–Trinajstić information content (AvgIpc) is 2.16. The Kier molecular flexibility index (Phi) is 7.34. The lowest BCUT2D eigenvalue weighted by Gasteiger charge is -2.25. The van der Waals surface area contributed by atoms with Crippen molar-refractivity contribution in [3.63, 3.8) is 0 Å². The minimum atomic E-state index is -0.636. The van der Waals surface area contributed by atoms with Crippen molar-refractivity contribution in [3.05, 3.63) is 0 Å². The van der Waals surface area contributed by atoms with E-state index in [1.165, 1.54) is 0 Å². The van der Waals surface area contributed by atoms with Gasteiger partial charge in [-0.05, 0) is 27.3 Å². The first-order valence-electron chi connectivity index (χ1n) is 5.55. The summed E-state index contributed by atoms with van der Waals surface area (Å²) in [6.07, 6.45) is 0.472. The Bertz CT molecular complexity index is 185. The van der Waals surface area contributed by atoms with E-state index >= 15 is 0 Å². The van der Waals surface area contributed by atoms with Crippen molar-refractivity contribution in [2.75, 3.05) is 20.2 Å². The molecule has 0 saturated carbocycles. The van der Waals surface area contributed by atoms with Crippen molar-refractivity contribution in [2.24, 2.45) is 0 Å². The summed E-state index contributed by atoms with van der Waals surface area (Å²) in [6, 6.07) is 0.418. The Morgan fingerprint density at radius 2 is 2.07 bits per heavy atom. The fourth-order valence-corrected chi connectivity index (χ4v) is 1.30. The number of ether oxygens (including phenoxy) is 1. The molecule has 90 valence electrons. The molecule has 4 nitrogen and oxygen atoms in total. The first-order chi connectivity index (χ1) is 7.01. The van der Waals surface area contributed by atoms with Crippen LogP contribution < -0.4 is 0 Å². The molecule has 0 heterocycles. The van der Waals surface area contributed by atoms with Crippen LogP contribution >= 0.6 is 0 Å². The van der Waals surface area contributed by atoms with Gasteiger partial charge in [-0.3, -0.25) is 4.79 Å². The van der Waals surface area contributed by atoms with Crippen molar-refractivity contribution < 1.29 is 14.6 Å². The second-order valence-corrected chi connectivity index (χ2v) is 3.86. The van der Waals surface area contributed by atoms with E-state index in [1.54, 1.807) is 6.92 Å². The molecule has 0 aliphatic rings. The fourth-order valence-electron chi connectivity index (χ4n) is 1.30. The zero-order valence-electron chi connectivity index (χ0n) is 10.2. The molecule has 0 fully saturated rings. The largest absolute Gasteiger partial charge is 0.466 e. The third kappa shape index (κ3) is 6.47. The zero-order valence-corrected chi connectivity index (χ0v) is 10.2. The minimum absolute atomic E-state index is 0.0780. The van der Waals surface area contributed by atoms with Crippen molar-refractivity contribution >= 4 is 5.97 Å². The van der Waals surface area contributed by atoms with E-state index in [4.69, 9.17) is 4.74 Å². The maximum Gasteiger partial charge on any atom is 0.308 e. The van der Waals surface area contributed by atoms with Crippen LogP contribution in [0, 0.1) is 0 Å². The van der Waals surface area contributed by atoms with Gasteiger partial charge in [0.05, 0.1) is 19.1 Å². The van der Waals surface area contributed by atoms with Crippen LogP contribution in [0.3, 0.4) is 0 Å². The smallest absolute Gasteiger partial charge is 0.308 e. The van der Waals surface area contributed by atoms with Crippen molar-refractivity contribution in [1.29, 1.82) is 0 Å². The first-order valence-corrected chi connectivity index (χ1v) is 5.55. The number of carbonyl (C=O) groups is 1. The lowest BCUT2D eigenvalue weighted by molar-refractivity contribution is -0.145. The van der Waals surface area contributed by atoms with Gasteiger partial charge in [0.2, 0.25) is 0 Å². The van der Waals surface area contributed by atoms with E-state index in [2.05, 4.69) is 13.8 Å². The molecule has 0 aliphatic carbocycles. The molecule has 4 heteroatoms. The summed E-state index contributed by atoms with van der Waals surface area (Å²) in [5.41, 5.74) is 0. The minimum Gasteiger partial charge on any atom is -0.466 e. The summed E-state index contributed by atoms with van der Waals surface area (Å²) >= 11 is 0. The van der Waals surface area contributed by atoms with E-state index < -0.39 is 6.10 Å². The van der Waals surface area contributed by atoms with Gasteiger partial charge in [-0.15, -0.1) is 0 Å². The molecule has 0 bridgehead atoms. The molecule has 0 rings (SSSR count). The average molecular weight is 217 g/mol. The Balaban J connectivity index is 3.82. The van der Waals surface area contributed by atoms with Crippen LogP contribution in [0.15, 0.2) is 0 Å². The van der Waals surface area contributed by atoms with Crippen LogP contribution in [0.2, 0.25) is 0 Å². The molecule has 0 radical (unpaired) electrons. The highest BCUT2D eigenvalue weighted by molar-refractivity contribution is 5.69. The number of hydrogen-bond donors (Lipinski definition) is 1. The van der Waals surface area contributed by atoms with Gasteiger partial charge in [-0.1, -0.05) is 6.92 Å². The number of aliphatic hydroxyl groups is 1. The Labute approximate surface area is 92.2 Å². The Morgan fingerprint density at radius 3 is 2.53 bits per heavy atom. The molecule has 2 unspecified atom stereocenters. The summed E-state index contributed by atoms with van der Waals surface area (Å²) in [4.78, 5) is 13.1. The molecular formula is C11H23NO3. The molecule has 0 saturated heterocycles. The summed E-state index contributed by atoms with van der Waals surface area (Å²) in [5.74, 6) is -0.331. The summed E-state index contributed by atoms with van der Waals surface area (Å²) in [5, 5.41) is 9.62. The van der Waals surface area contributed by atoms with Gasteiger partial charge in [0.1, 0.15) is 0 Å². The predicted octanol–water partition coefficient (Wildman–Crippen LogP) is 1.03. The second-order valence-electron chi connectivity index (χ2n) is 3.86. The second kappa shape index (κ2) is 7.65. The number of esters is 1. The molecule has 1 N–H and O–H groups in total. The van der Waals surface area contributed by atoms with E-state index in [1.807, 2.05) is 11.9 Å². The molecule has 2 atom stereocenters. The van der Waals surface area contributed by atoms with Gasteiger partial charge >= 0.3 is 5.97 Å². The maximum atomic E-state index is 11.1. The molecular weight excluding hydrogens is 194 g/mol. The SMILES string of the molecule is CCOC(=O)CC(O)CN(C)C(C)CC. The first kappa shape index (κ1) is 14.4. The van der Waals surface area contributed by atoms with Crippen LogP contribution in [-0.2, 0) is 9.53 Å². The summed E-state index contributed by atoms with van der Waals surface area (Å²) < 4.78 is 4.76. The van der Waals surface area contributed by atoms with E-state index in [9.17, 15) is 9.90 Å². The molecule has 0 amide bonds. The van der Waals surface area contributed by atoms with Crippen LogP contribution in [-0.4, -0.2) is 48.3 Å². The van der Waals surface area contributed by atoms with Crippen LogP contribution in [0.1, 0.15) is 33.6 Å². The Hall–Kier alpha value is -0.610. The summed E-state index contributed by atoms with van der Waals surface area (Å²) in [6.45, 7) is 6.83. The molecule has 15 heavy (non-hydrogen) atoms. The van der Waals surface area contributed by atoms with Gasteiger partial charge in [0.25, 0.3) is 0 Å². The van der Waals surface area contributed by atoms with Crippen molar-refractivity contribution in [3.8, 4) is 0 Å². The number of likely N-dealkylation sites (N-methyl/N-ethyl adjacent to an activating group) is 1. The van der Waals surface area contributed by atoms with E-state index in [-0.39, 0.29) is 12.4 Å². The molecule has 0 aromatic heterocycles. The standard InChI is InChI=1S/C11H23NO3/c1-5-9(3)12(4)8-10(13)7-11(14)15-6-2/h9-10,13H,5-8H2,1-4H3. The quantitative estimate of drug-likeness (QED) is 0.647. The molecule has 0 spiro atoms. The fraction of sp³-hybridized carbons (Fsp3) is 0.909. The highest BCUT2D eigenvalue weighted by Crippen LogP contribution is 2.03. The third-order valence-electron chi connectivity index (χ3n) is 2.55. The molecule has 0 aromatic carbocycles. The number of aliphatic hydroxyl groups excluding tert-OH is 1. The van der Waals surface area contributed by atoms with Crippen molar-refractivity contribution in [1.82, 2.24) is 4.90 Å². The van der Waals surface area contributed by atoms with E-state index in [0.717, 1.165) is 6.42 Å². The maximum absolute atomic E-state index is 11.1. The van der Waals surface area contributed by atoms with Crippen molar-refractivity contribution in [2.45, 2.75) is 45.8 Å². The van der Waals surface area contributed by atoms with E-state index in [0.29, 0.717) is 19.2 Å². The van der Waals surface area contributed by atoms with Crippen LogP contribution in [0.5, 0.6) is 0 Å². The lowest BCUT2D eigenvalue weighted by Crippen LogP contribution is -2.36. The number of carbonyl (C=O) groups excluding carboxylic acids is 1. The topological polar surface area (TPSA) is 49.8 Å². The lowest BCUT2D eigenvalue weighted by atomic mass is 10.2. The van der Waals surface area contributed by atoms with Gasteiger partial charge in [-0.25, -0.2) is 0 Å². The predicted molar refractivity (Wildman–Crippen MR) is 59.6 cm³/mol. The normalized spacial score (nSPS) is 15.1. The van der Waals surface area contributed by atoms with Crippen LogP contribution in [0.4, 0.5) is 0 Å². The summed E-state index contributed by atoms with van der Waals surface area (Å²) in [7, 11) is 1.95. The van der Waals surface area contributed by atoms with Gasteiger partial charge in [0, 0.05) is 12.6 Å². The highest BCUT2D eigenvalue weighted by atomic mass is 16.5. The molecule has 0 aromatic rings. The zero-order chi connectivity index (χ0) is 11.8. The van der Waals surface area contributed by atoms with Gasteiger partial charge in [-0.2, -0.15) is 0 Å². The monoisotopic (exact) mass is 217 g/mol. The highest BCUT2D eigenvalue weighted by Gasteiger charge is 2.16. The number of hydrogen-bond acceptors (Lipinski definition) is 4. The van der Waals surface area contributed by atoms with Gasteiger partial charge in [0.15, 0.2) is 0 Å².